The lowest BCUT2D eigenvalue weighted by Gasteiger charge is -2.17. The third-order valence-corrected chi connectivity index (χ3v) is 2.21. The molecule has 82 valence electrons. The van der Waals surface area contributed by atoms with E-state index in [1.165, 1.54) is 5.39 Å². The molecule has 2 heterocycles. The largest absolute Gasteiger partial charge is 0.360 e. The highest BCUT2D eigenvalue weighted by Crippen LogP contribution is 2.22. The standard InChI is InChI=1S/C11H14N2.C2H6/c1-11(2,3)10-6-8-4-5-12-9(8)7-13-10;1-2/h4-7,12H,1-3H3;1-2H3. The molecule has 2 aromatic heterocycles. The fourth-order valence-corrected chi connectivity index (χ4v) is 1.36. The fourth-order valence-electron chi connectivity index (χ4n) is 1.36. The van der Waals surface area contributed by atoms with Gasteiger partial charge in [0.15, 0.2) is 0 Å². The minimum Gasteiger partial charge on any atom is -0.360 e. The van der Waals surface area contributed by atoms with Crippen LogP contribution in [-0.2, 0) is 5.41 Å². The summed E-state index contributed by atoms with van der Waals surface area (Å²) in [6.45, 7) is 10.5. The Morgan fingerprint density at radius 2 is 1.87 bits per heavy atom. The molecule has 15 heavy (non-hydrogen) atoms. The van der Waals surface area contributed by atoms with Gasteiger partial charge in [0.05, 0.1) is 11.7 Å². The van der Waals surface area contributed by atoms with Crippen LogP contribution in [0, 0.1) is 0 Å². The molecule has 0 fully saturated rings. The molecular formula is C13H20N2. The predicted octanol–water partition coefficient (Wildman–Crippen LogP) is 3.89. The fraction of sp³-hybridized carbons (Fsp3) is 0.462. The zero-order valence-corrected chi connectivity index (χ0v) is 10.3. The van der Waals surface area contributed by atoms with Crippen molar-refractivity contribution in [1.29, 1.82) is 0 Å². The molecule has 0 unspecified atom stereocenters. The Kier molecular flexibility index (Phi) is 3.51. The van der Waals surface area contributed by atoms with Crippen LogP contribution >= 0.6 is 0 Å². The highest BCUT2D eigenvalue weighted by molar-refractivity contribution is 5.78. The minimum absolute atomic E-state index is 0.130. The third-order valence-electron chi connectivity index (χ3n) is 2.21. The van der Waals surface area contributed by atoms with Crippen LogP contribution in [0.4, 0.5) is 0 Å². The number of pyridine rings is 1. The Morgan fingerprint density at radius 1 is 1.20 bits per heavy atom. The van der Waals surface area contributed by atoms with Crippen LogP contribution in [-0.4, -0.2) is 9.97 Å². The summed E-state index contributed by atoms with van der Waals surface area (Å²) in [4.78, 5) is 7.55. The van der Waals surface area contributed by atoms with Gasteiger partial charge in [0.1, 0.15) is 0 Å². The second-order valence-electron chi connectivity index (χ2n) is 4.38. The first kappa shape index (κ1) is 11.8. The van der Waals surface area contributed by atoms with Crippen LogP contribution < -0.4 is 0 Å². The lowest BCUT2D eigenvalue weighted by Crippen LogP contribution is -2.12. The maximum absolute atomic E-state index is 4.42. The Hall–Kier alpha value is -1.31. The van der Waals surface area contributed by atoms with Gasteiger partial charge < -0.3 is 4.98 Å². The minimum atomic E-state index is 0.130. The third kappa shape index (κ3) is 2.58. The van der Waals surface area contributed by atoms with Gasteiger partial charge in [-0.25, -0.2) is 0 Å². The summed E-state index contributed by atoms with van der Waals surface area (Å²) in [7, 11) is 0. The molecule has 0 aliphatic carbocycles. The summed E-state index contributed by atoms with van der Waals surface area (Å²) in [5, 5.41) is 1.24. The van der Waals surface area contributed by atoms with Crippen LogP contribution in [0.25, 0.3) is 10.9 Å². The number of nitrogens with zero attached hydrogens (tertiary/aromatic N) is 1. The van der Waals surface area contributed by atoms with Gasteiger partial charge in [-0.2, -0.15) is 0 Å². The van der Waals surface area contributed by atoms with Crippen LogP contribution in [0.3, 0.4) is 0 Å². The van der Waals surface area contributed by atoms with Gasteiger partial charge in [-0.3, -0.25) is 4.98 Å². The van der Waals surface area contributed by atoms with E-state index in [1.807, 2.05) is 26.2 Å². The lowest BCUT2D eigenvalue weighted by atomic mass is 9.91. The molecule has 2 rings (SSSR count). The molecule has 0 bridgehead atoms. The molecule has 0 aliphatic rings. The smallest absolute Gasteiger partial charge is 0.0640 e. The van der Waals surface area contributed by atoms with Gasteiger partial charge in [0, 0.05) is 22.7 Å². The number of H-pyrrole nitrogens is 1. The first-order valence-electron chi connectivity index (χ1n) is 5.51. The van der Waals surface area contributed by atoms with Crippen molar-refractivity contribution < 1.29 is 0 Å². The van der Waals surface area contributed by atoms with E-state index in [4.69, 9.17) is 0 Å². The van der Waals surface area contributed by atoms with E-state index in [0.29, 0.717) is 0 Å². The number of aromatic nitrogens is 2. The molecule has 0 saturated heterocycles. The van der Waals surface area contributed by atoms with Crippen LogP contribution in [0.2, 0.25) is 0 Å². The second-order valence-corrected chi connectivity index (χ2v) is 4.38. The van der Waals surface area contributed by atoms with Gasteiger partial charge >= 0.3 is 0 Å². The van der Waals surface area contributed by atoms with E-state index >= 15 is 0 Å². The molecular weight excluding hydrogens is 184 g/mol. The normalized spacial score (nSPS) is 11.0. The molecule has 2 nitrogen and oxygen atoms in total. The molecule has 0 aliphatic heterocycles. The van der Waals surface area contributed by atoms with Gasteiger partial charge in [-0.1, -0.05) is 34.6 Å². The Labute approximate surface area is 91.7 Å². The molecule has 0 amide bonds. The second kappa shape index (κ2) is 4.47. The van der Waals surface area contributed by atoms with Crippen LogP contribution in [0.1, 0.15) is 40.3 Å². The average molecular weight is 204 g/mol. The molecule has 0 saturated carbocycles. The molecule has 1 N–H and O–H groups in total. The molecule has 2 aromatic rings. The number of rotatable bonds is 0. The lowest BCUT2D eigenvalue weighted by molar-refractivity contribution is 0.570. The average Bonchev–Trinajstić information content (AvgIpc) is 2.66. The summed E-state index contributed by atoms with van der Waals surface area (Å²) >= 11 is 0. The van der Waals surface area contributed by atoms with E-state index < -0.39 is 0 Å². The van der Waals surface area contributed by atoms with Crippen LogP contribution in [0.5, 0.6) is 0 Å². The van der Waals surface area contributed by atoms with Crippen molar-refractivity contribution in [3.63, 3.8) is 0 Å². The summed E-state index contributed by atoms with van der Waals surface area (Å²) < 4.78 is 0. The molecule has 2 heteroatoms. The number of hydrogen-bond acceptors (Lipinski definition) is 1. The summed E-state index contributed by atoms with van der Waals surface area (Å²) in [6, 6.07) is 4.22. The van der Waals surface area contributed by atoms with Gasteiger partial charge in [-0.05, 0) is 12.1 Å². The van der Waals surface area contributed by atoms with E-state index in [-0.39, 0.29) is 5.41 Å². The Balaban J connectivity index is 0.000000531. The SMILES string of the molecule is CC.CC(C)(C)c1cc2cc[nH]c2cn1. The van der Waals surface area contributed by atoms with E-state index in [1.54, 1.807) is 0 Å². The van der Waals surface area contributed by atoms with Crippen molar-refractivity contribution in [3.05, 3.63) is 30.2 Å². The van der Waals surface area contributed by atoms with Gasteiger partial charge in [0.25, 0.3) is 0 Å². The molecule has 0 radical (unpaired) electrons. The summed E-state index contributed by atoms with van der Waals surface area (Å²) in [6.07, 6.45) is 3.84. The first-order valence-corrected chi connectivity index (χ1v) is 5.51. The molecule has 0 spiro atoms. The Morgan fingerprint density at radius 3 is 2.47 bits per heavy atom. The maximum atomic E-state index is 4.42. The number of hydrogen-bond donors (Lipinski definition) is 1. The number of aromatic amines is 1. The van der Waals surface area contributed by atoms with Gasteiger partial charge in [-0.15, -0.1) is 0 Å². The van der Waals surface area contributed by atoms with Crippen molar-refractivity contribution in [2.45, 2.75) is 40.0 Å². The van der Waals surface area contributed by atoms with Crippen molar-refractivity contribution >= 4 is 10.9 Å². The predicted molar refractivity (Wildman–Crippen MR) is 66.1 cm³/mol. The summed E-state index contributed by atoms with van der Waals surface area (Å²) in [5.41, 5.74) is 2.37. The number of nitrogens with one attached hydrogen (secondary N) is 1. The highest BCUT2D eigenvalue weighted by atomic mass is 14.7. The van der Waals surface area contributed by atoms with E-state index in [2.05, 4.69) is 42.9 Å². The van der Waals surface area contributed by atoms with E-state index in [9.17, 15) is 0 Å². The number of fused-ring (bicyclic) bond motifs is 1. The highest BCUT2D eigenvalue weighted by Gasteiger charge is 2.15. The van der Waals surface area contributed by atoms with E-state index in [0.717, 1.165) is 11.2 Å². The van der Waals surface area contributed by atoms with Crippen LogP contribution in [0.15, 0.2) is 24.5 Å². The molecule has 0 atom stereocenters. The maximum Gasteiger partial charge on any atom is 0.0640 e. The zero-order valence-electron chi connectivity index (χ0n) is 10.3. The summed E-state index contributed by atoms with van der Waals surface area (Å²) in [5.74, 6) is 0. The van der Waals surface area contributed by atoms with Crippen molar-refractivity contribution in [1.82, 2.24) is 9.97 Å². The monoisotopic (exact) mass is 204 g/mol. The van der Waals surface area contributed by atoms with Gasteiger partial charge in [0.2, 0.25) is 0 Å². The van der Waals surface area contributed by atoms with Crippen molar-refractivity contribution in [3.8, 4) is 0 Å². The van der Waals surface area contributed by atoms with Crippen molar-refractivity contribution in [2.75, 3.05) is 0 Å². The zero-order chi connectivity index (χ0) is 11.5. The quantitative estimate of drug-likeness (QED) is 0.693. The molecule has 0 aromatic carbocycles. The topological polar surface area (TPSA) is 28.7 Å². The van der Waals surface area contributed by atoms with Crippen molar-refractivity contribution in [2.24, 2.45) is 0 Å². The Bertz CT molecular complexity index is 421. The first-order chi connectivity index (χ1) is 7.07.